The van der Waals surface area contributed by atoms with Crippen molar-refractivity contribution in [2.24, 2.45) is 5.73 Å². The third-order valence-electron chi connectivity index (χ3n) is 3.73. The quantitative estimate of drug-likeness (QED) is 0.152. The highest BCUT2D eigenvalue weighted by Crippen LogP contribution is 2.05. The Morgan fingerprint density at radius 2 is 1.38 bits per heavy atom. The second-order valence-electron chi connectivity index (χ2n) is 6.21. The van der Waals surface area contributed by atoms with E-state index >= 15 is 0 Å². The lowest BCUT2D eigenvalue weighted by Crippen LogP contribution is -2.57. The lowest BCUT2D eigenvalue weighted by atomic mass is 10.1. The zero-order valence-corrected chi connectivity index (χ0v) is 17.0. The molecule has 0 radical (unpaired) electrons. The van der Waals surface area contributed by atoms with Gasteiger partial charge < -0.3 is 37.0 Å². The number of rotatable bonds is 14. The van der Waals surface area contributed by atoms with Crippen molar-refractivity contribution in [3.63, 3.8) is 0 Å². The van der Waals surface area contributed by atoms with Gasteiger partial charge in [-0.15, -0.1) is 0 Å². The minimum atomic E-state index is -1.61. The number of carbonyl (C=O) groups is 5. The molecule has 0 aromatic heterocycles. The van der Waals surface area contributed by atoms with Crippen LogP contribution < -0.4 is 21.7 Å². The van der Waals surface area contributed by atoms with Gasteiger partial charge in [0.1, 0.15) is 18.1 Å². The van der Waals surface area contributed by atoms with E-state index in [0.29, 0.717) is 5.75 Å². The average Bonchev–Trinajstić information content (AvgIpc) is 2.64. The van der Waals surface area contributed by atoms with Gasteiger partial charge in [-0.25, -0.2) is 4.79 Å². The Bertz CT molecular complexity index is 601. The van der Waals surface area contributed by atoms with Crippen LogP contribution in [0.15, 0.2) is 0 Å². The third-order valence-corrected chi connectivity index (χ3v) is 4.38. The van der Waals surface area contributed by atoms with Crippen LogP contribution in [0.4, 0.5) is 0 Å². The minimum Gasteiger partial charge on any atom is -0.481 e. The van der Waals surface area contributed by atoms with Crippen molar-refractivity contribution in [1.29, 1.82) is 0 Å². The van der Waals surface area contributed by atoms with Crippen LogP contribution in [-0.2, 0) is 24.0 Å². The van der Waals surface area contributed by atoms with Gasteiger partial charge in [0.15, 0.2) is 0 Å². The molecule has 0 rings (SSSR count). The average molecular weight is 436 g/mol. The zero-order valence-electron chi connectivity index (χ0n) is 16.2. The number of hydrogen-bond donors (Lipinski definition) is 7. The summed E-state index contributed by atoms with van der Waals surface area (Å²) < 4.78 is 0. The Morgan fingerprint density at radius 3 is 1.79 bits per heavy atom. The van der Waals surface area contributed by atoms with Gasteiger partial charge in [0, 0.05) is 6.42 Å². The van der Waals surface area contributed by atoms with Crippen LogP contribution in [0, 0.1) is 0 Å². The van der Waals surface area contributed by atoms with Crippen LogP contribution in [0.2, 0.25) is 0 Å². The van der Waals surface area contributed by atoms with Crippen LogP contribution in [0.25, 0.3) is 0 Å². The molecule has 0 fully saturated rings. The second kappa shape index (κ2) is 13.7. The van der Waals surface area contributed by atoms with Crippen LogP contribution >= 0.6 is 11.8 Å². The van der Waals surface area contributed by atoms with E-state index in [2.05, 4.69) is 10.6 Å². The molecule has 0 aliphatic heterocycles. The predicted octanol–water partition coefficient (Wildman–Crippen LogP) is -2.52. The zero-order chi connectivity index (χ0) is 22.6. The van der Waals surface area contributed by atoms with Crippen LogP contribution in [-0.4, -0.2) is 87.8 Å². The fourth-order valence-corrected chi connectivity index (χ4v) is 2.55. The third kappa shape index (κ3) is 10.7. The summed E-state index contributed by atoms with van der Waals surface area (Å²) in [4.78, 5) is 58.6. The van der Waals surface area contributed by atoms with Gasteiger partial charge in [0.25, 0.3) is 0 Å². The number of nitrogens with one attached hydrogen (secondary N) is 3. The summed E-state index contributed by atoms with van der Waals surface area (Å²) in [5, 5.41) is 33.6. The molecule has 0 spiro atoms. The van der Waals surface area contributed by atoms with E-state index < -0.39 is 66.9 Å². The number of aliphatic hydroxyl groups is 1. The molecular weight excluding hydrogens is 408 g/mol. The van der Waals surface area contributed by atoms with Gasteiger partial charge in [-0.2, -0.15) is 11.8 Å². The van der Waals surface area contributed by atoms with E-state index in [9.17, 15) is 24.0 Å². The van der Waals surface area contributed by atoms with E-state index in [-0.39, 0.29) is 12.8 Å². The van der Waals surface area contributed by atoms with E-state index in [4.69, 9.17) is 21.1 Å². The number of aliphatic carboxylic acids is 2. The highest BCUT2D eigenvalue weighted by Gasteiger charge is 2.29. The van der Waals surface area contributed by atoms with Crippen molar-refractivity contribution in [3.8, 4) is 0 Å². The number of hydrogen-bond acceptors (Lipinski definition) is 8. The fraction of sp³-hybridized carbons (Fsp3) is 0.688. The molecule has 0 heterocycles. The van der Waals surface area contributed by atoms with Crippen LogP contribution in [0.1, 0.15) is 26.2 Å². The molecule has 0 bridgehead atoms. The van der Waals surface area contributed by atoms with Gasteiger partial charge >= 0.3 is 11.9 Å². The first-order valence-corrected chi connectivity index (χ1v) is 10.1. The van der Waals surface area contributed by atoms with E-state index in [1.54, 1.807) is 6.26 Å². The summed E-state index contributed by atoms with van der Waals surface area (Å²) in [6, 6.07) is -4.88. The first-order chi connectivity index (χ1) is 13.5. The van der Waals surface area contributed by atoms with E-state index in [1.807, 2.05) is 5.32 Å². The van der Waals surface area contributed by atoms with Crippen molar-refractivity contribution in [3.05, 3.63) is 0 Å². The number of aliphatic hydroxyl groups excluding tert-OH is 1. The molecule has 8 N–H and O–H groups in total. The van der Waals surface area contributed by atoms with Gasteiger partial charge in [0.05, 0.1) is 12.6 Å². The fourth-order valence-electron chi connectivity index (χ4n) is 2.07. The summed E-state index contributed by atoms with van der Waals surface area (Å²) in [7, 11) is 0. The molecule has 13 heteroatoms. The monoisotopic (exact) mass is 436 g/mol. The molecule has 0 aliphatic rings. The molecule has 0 aromatic rings. The number of carboxylic acids is 2. The topological polar surface area (TPSA) is 208 Å². The largest absolute Gasteiger partial charge is 0.481 e. The molecule has 0 aliphatic carbocycles. The molecule has 4 unspecified atom stereocenters. The number of carboxylic acid groups (broad SMARTS) is 2. The summed E-state index contributed by atoms with van der Waals surface area (Å²) >= 11 is 1.42. The molecule has 4 atom stereocenters. The lowest BCUT2D eigenvalue weighted by Gasteiger charge is -2.24. The standard InChI is InChI=1S/C16H28N4O8S/c1-8(17)13(24)18-10(5-6-29-2)15(26)19-9(3-4-12(22)23)14(25)20-11(7-21)16(27)28/h8-11,21H,3-7,17H2,1-2H3,(H,18,24)(H,19,26)(H,20,25)(H,22,23)(H,27,28). The predicted molar refractivity (Wildman–Crippen MR) is 104 cm³/mol. The molecule has 0 aromatic carbocycles. The van der Waals surface area contributed by atoms with Gasteiger partial charge in [-0.3, -0.25) is 19.2 Å². The summed E-state index contributed by atoms with van der Waals surface area (Å²) in [5.41, 5.74) is 5.48. The molecule has 12 nitrogen and oxygen atoms in total. The first kappa shape index (κ1) is 26.6. The normalized spacial score (nSPS) is 14.8. The van der Waals surface area contributed by atoms with Crippen molar-refractivity contribution >= 4 is 41.4 Å². The maximum absolute atomic E-state index is 12.6. The molecular formula is C16H28N4O8S. The molecule has 166 valence electrons. The summed E-state index contributed by atoms with van der Waals surface area (Å²) in [6.45, 7) is 0.546. The maximum atomic E-state index is 12.6. The Hall–Kier alpha value is -2.38. The van der Waals surface area contributed by atoms with Gasteiger partial charge in [-0.1, -0.05) is 0 Å². The SMILES string of the molecule is CSCCC(NC(=O)C(C)N)C(=O)NC(CCC(=O)O)C(=O)NC(CO)C(=O)O. The molecule has 0 saturated heterocycles. The minimum absolute atomic E-state index is 0.229. The number of amides is 3. The molecule has 29 heavy (non-hydrogen) atoms. The van der Waals surface area contributed by atoms with E-state index in [0.717, 1.165) is 0 Å². The highest BCUT2D eigenvalue weighted by atomic mass is 32.2. The first-order valence-electron chi connectivity index (χ1n) is 8.74. The maximum Gasteiger partial charge on any atom is 0.328 e. The van der Waals surface area contributed by atoms with Crippen molar-refractivity contribution in [1.82, 2.24) is 16.0 Å². The Kier molecular flexibility index (Phi) is 12.6. The Balaban J connectivity index is 5.34. The number of thioether (sulfide) groups is 1. The molecule has 3 amide bonds. The molecule has 0 saturated carbocycles. The summed E-state index contributed by atoms with van der Waals surface area (Å²) in [6.07, 6.45) is 1.23. The number of carbonyl (C=O) groups excluding carboxylic acids is 3. The lowest BCUT2D eigenvalue weighted by molar-refractivity contribution is -0.144. The van der Waals surface area contributed by atoms with Crippen molar-refractivity contribution in [2.45, 2.75) is 50.4 Å². The van der Waals surface area contributed by atoms with Gasteiger partial charge in [-0.05, 0) is 31.8 Å². The van der Waals surface area contributed by atoms with Gasteiger partial charge in [0.2, 0.25) is 17.7 Å². The van der Waals surface area contributed by atoms with E-state index in [1.165, 1.54) is 18.7 Å². The van der Waals surface area contributed by atoms with Crippen LogP contribution in [0.5, 0.6) is 0 Å². The number of nitrogens with two attached hydrogens (primary N) is 1. The second-order valence-corrected chi connectivity index (χ2v) is 7.19. The van der Waals surface area contributed by atoms with Crippen LogP contribution in [0.3, 0.4) is 0 Å². The highest BCUT2D eigenvalue weighted by molar-refractivity contribution is 7.98. The smallest absolute Gasteiger partial charge is 0.328 e. The Morgan fingerprint density at radius 1 is 0.897 bits per heavy atom. The Labute approximate surface area is 172 Å². The summed E-state index contributed by atoms with van der Waals surface area (Å²) in [5.74, 6) is -4.50. The van der Waals surface area contributed by atoms with Crippen molar-refractivity contribution < 1.29 is 39.3 Å². The van der Waals surface area contributed by atoms with Crippen molar-refractivity contribution in [2.75, 3.05) is 18.6 Å².